The van der Waals surface area contributed by atoms with Crippen LogP contribution in [0, 0.1) is 15.9 Å². The first-order valence-corrected chi connectivity index (χ1v) is 6.10. The number of anilines is 1. The molecule has 108 valence electrons. The van der Waals surface area contributed by atoms with E-state index in [2.05, 4.69) is 20.7 Å². The zero-order chi connectivity index (χ0) is 15.0. The van der Waals surface area contributed by atoms with Crippen LogP contribution >= 0.6 is 0 Å². The minimum atomic E-state index is -0.824. The molecule has 1 unspecified atom stereocenters. The first-order chi connectivity index (χ1) is 10.1. The average Bonchev–Trinajstić information content (AvgIpc) is 2.93. The lowest BCUT2D eigenvalue weighted by Gasteiger charge is -2.24. The highest BCUT2D eigenvalue weighted by Gasteiger charge is 2.37. The van der Waals surface area contributed by atoms with Gasteiger partial charge in [-0.3, -0.25) is 10.1 Å². The first-order valence-electron chi connectivity index (χ1n) is 6.10. The van der Waals surface area contributed by atoms with Crippen LogP contribution in [0.3, 0.4) is 0 Å². The first kappa shape index (κ1) is 13.0. The van der Waals surface area contributed by atoms with E-state index in [9.17, 15) is 14.5 Å². The maximum Gasteiger partial charge on any atom is 0.314 e. The van der Waals surface area contributed by atoms with Crippen LogP contribution in [0.25, 0.3) is 5.82 Å². The third-order valence-electron chi connectivity index (χ3n) is 3.16. The van der Waals surface area contributed by atoms with Gasteiger partial charge < -0.3 is 10.6 Å². The van der Waals surface area contributed by atoms with Gasteiger partial charge in [0.2, 0.25) is 11.8 Å². The average molecular weight is 290 g/mol. The highest BCUT2D eigenvalue weighted by molar-refractivity contribution is 5.59. The van der Waals surface area contributed by atoms with E-state index in [0.717, 1.165) is 0 Å². The Balaban J connectivity index is 2.19. The van der Waals surface area contributed by atoms with Gasteiger partial charge in [-0.15, -0.1) is 0 Å². The van der Waals surface area contributed by atoms with Crippen molar-refractivity contribution < 1.29 is 9.31 Å². The predicted molar refractivity (Wildman–Crippen MR) is 72.1 cm³/mol. The van der Waals surface area contributed by atoms with Crippen molar-refractivity contribution in [3.8, 4) is 0 Å². The van der Waals surface area contributed by atoms with Gasteiger partial charge in [0.25, 0.3) is 0 Å². The van der Waals surface area contributed by atoms with E-state index in [1.54, 1.807) is 13.1 Å². The molecule has 2 N–H and O–H groups in total. The number of nitro groups is 1. The highest BCUT2D eigenvalue weighted by Crippen LogP contribution is 2.33. The van der Waals surface area contributed by atoms with Gasteiger partial charge in [0.05, 0.1) is 4.92 Å². The van der Waals surface area contributed by atoms with Gasteiger partial charge >= 0.3 is 5.70 Å². The minimum absolute atomic E-state index is 0.152. The van der Waals surface area contributed by atoms with Gasteiger partial charge in [-0.1, -0.05) is 12.1 Å². The van der Waals surface area contributed by atoms with Crippen LogP contribution in [0.1, 0.15) is 11.6 Å². The Bertz CT molecular complexity index is 741. The monoisotopic (exact) mass is 290 g/mol. The number of aromatic nitrogens is 3. The number of fused-ring (bicyclic) bond motifs is 1. The van der Waals surface area contributed by atoms with Crippen LogP contribution < -0.4 is 10.6 Å². The summed E-state index contributed by atoms with van der Waals surface area (Å²) >= 11 is 0. The van der Waals surface area contributed by atoms with Crippen molar-refractivity contribution in [2.24, 2.45) is 0 Å². The lowest BCUT2D eigenvalue weighted by molar-refractivity contribution is -0.429. The van der Waals surface area contributed by atoms with Gasteiger partial charge in [0.15, 0.2) is 0 Å². The molecule has 0 radical (unpaired) electrons. The lowest BCUT2D eigenvalue weighted by Crippen LogP contribution is -2.32. The third kappa shape index (κ3) is 2.08. The Morgan fingerprint density at radius 1 is 1.52 bits per heavy atom. The molecule has 0 spiro atoms. The molecule has 0 saturated carbocycles. The largest absolute Gasteiger partial charge is 0.367 e. The molecular weight excluding hydrogens is 279 g/mol. The summed E-state index contributed by atoms with van der Waals surface area (Å²) < 4.78 is 14.7. The van der Waals surface area contributed by atoms with Gasteiger partial charge in [0, 0.05) is 7.05 Å². The number of nitrogens with zero attached hydrogens (tertiary/aromatic N) is 4. The molecule has 1 atom stereocenters. The summed E-state index contributed by atoms with van der Waals surface area (Å²) in [5.41, 5.74) is 0.282. The van der Waals surface area contributed by atoms with E-state index >= 15 is 0 Å². The second-order valence-electron chi connectivity index (χ2n) is 4.37. The summed E-state index contributed by atoms with van der Waals surface area (Å²) in [5.74, 6) is 0.0785. The molecule has 8 nitrogen and oxygen atoms in total. The summed E-state index contributed by atoms with van der Waals surface area (Å²) in [6.45, 7) is 0. The zero-order valence-electron chi connectivity index (χ0n) is 10.9. The van der Waals surface area contributed by atoms with Crippen molar-refractivity contribution in [3.05, 3.63) is 57.8 Å². The quantitative estimate of drug-likeness (QED) is 0.651. The topological polar surface area (TPSA) is 97.9 Å². The van der Waals surface area contributed by atoms with E-state index in [4.69, 9.17) is 0 Å². The molecule has 0 saturated heterocycles. The second kappa shape index (κ2) is 4.85. The maximum absolute atomic E-state index is 13.4. The Morgan fingerprint density at radius 2 is 2.33 bits per heavy atom. The lowest BCUT2D eigenvalue weighted by atomic mass is 10.0. The Labute approximate surface area is 118 Å². The summed E-state index contributed by atoms with van der Waals surface area (Å²) in [6, 6.07) is 4.82. The molecule has 1 aromatic heterocycles. The molecule has 1 aliphatic heterocycles. The third-order valence-corrected chi connectivity index (χ3v) is 3.16. The van der Waals surface area contributed by atoms with E-state index in [-0.39, 0.29) is 11.5 Å². The molecule has 3 rings (SSSR count). The number of halogens is 1. The van der Waals surface area contributed by atoms with Crippen LogP contribution in [0.15, 0.2) is 36.3 Å². The second-order valence-corrected chi connectivity index (χ2v) is 4.37. The van der Waals surface area contributed by atoms with Crippen molar-refractivity contribution in [3.63, 3.8) is 0 Å². The maximum atomic E-state index is 13.4. The number of hydrogen-bond donors (Lipinski definition) is 2. The van der Waals surface area contributed by atoms with Gasteiger partial charge in [0.1, 0.15) is 18.2 Å². The van der Waals surface area contributed by atoms with Crippen molar-refractivity contribution in [1.29, 1.82) is 0 Å². The number of nitrogens with one attached hydrogen (secondary N) is 2. The molecule has 0 amide bonds. The molecular formula is C12H11FN6O2. The fraction of sp³-hybridized carbons (Fsp3) is 0.167. The molecule has 2 heterocycles. The van der Waals surface area contributed by atoms with E-state index in [0.29, 0.717) is 11.5 Å². The SMILES string of the molecule is CNC1=C([N+](=O)[O-])C(c2cccc(F)c2)Nc2ncnn21. The van der Waals surface area contributed by atoms with Crippen LogP contribution in [-0.2, 0) is 0 Å². The van der Waals surface area contributed by atoms with Crippen molar-refractivity contribution in [1.82, 2.24) is 20.1 Å². The van der Waals surface area contributed by atoms with Crippen LogP contribution in [0.4, 0.5) is 10.3 Å². The Morgan fingerprint density at radius 3 is 3.00 bits per heavy atom. The molecule has 1 aliphatic rings. The van der Waals surface area contributed by atoms with Gasteiger partial charge in [-0.2, -0.15) is 14.8 Å². The van der Waals surface area contributed by atoms with Gasteiger partial charge in [-0.05, 0) is 17.7 Å². The highest BCUT2D eigenvalue weighted by atomic mass is 19.1. The number of rotatable bonds is 3. The Hall–Kier alpha value is -2.97. The fourth-order valence-corrected chi connectivity index (χ4v) is 2.30. The van der Waals surface area contributed by atoms with Crippen LogP contribution in [-0.4, -0.2) is 26.7 Å². The smallest absolute Gasteiger partial charge is 0.314 e. The molecule has 9 heteroatoms. The van der Waals surface area contributed by atoms with E-state index in [1.807, 2.05) is 0 Å². The van der Waals surface area contributed by atoms with E-state index in [1.165, 1.54) is 29.2 Å². The standard InChI is InChI=1S/C12H11FN6O2/c1-14-11-10(19(20)21)9(7-3-2-4-8(13)5-7)17-12-15-6-16-18(11)12/h2-6,9,14H,1H3,(H,15,16,17). The van der Waals surface area contributed by atoms with Gasteiger partial charge in [-0.25, -0.2) is 4.39 Å². The number of benzene rings is 1. The molecule has 1 aromatic carbocycles. The molecule has 0 aliphatic carbocycles. The molecule has 0 bridgehead atoms. The molecule has 0 fully saturated rings. The van der Waals surface area contributed by atoms with Crippen LogP contribution in [0.5, 0.6) is 0 Å². The fourth-order valence-electron chi connectivity index (χ4n) is 2.30. The summed E-state index contributed by atoms with van der Waals surface area (Å²) in [4.78, 5) is 14.9. The summed E-state index contributed by atoms with van der Waals surface area (Å²) in [7, 11) is 1.55. The van der Waals surface area contributed by atoms with E-state index < -0.39 is 16.8 Å². The normalized spacial score (nSPS) is 17.1. The minimum Gasteiger partial charge on any atom is -0.367 e. The molecule has 2 aromatic rings. The number of hydrogen-bond acceptors (Lipinski definition) is 6. The van der Waals surface area contributed by atoms with Crippen LogP contribution in [0.2, 0.25) is 0 Å². The summed E-state index contributed by atoms with van der Waals surface area (Å²) in [5, 5.41) is 21.0. The van der Waals surface area contributed by atoms with Crippen molar-refractivity contribution in [2.75, 3.05) is 12.4 Å². The predicted octanol–water partition coefficient (Wildman–Crippen LogP) is 1.21. The Kier molecular flexibility index (Phi) is 3.01. The van der Waals surface area contributed by atoms with Crippen molar-refractivity contribution in [2.45, 2.75) is 6.04 Å². The zero-order valence-corrected chi connectivity index (χ0v) is 10.9. The summed E-state index contributed by atoms with van der Waals surface area (Å²) in [6.07, 6.45) is 1.28. The van der Waals surface area contributed by atoms with Crippen molar-refractivity contribution >= 4 is 11.8 Å². The molecule has 21 heavy (non-hydrogen) atoms.